The molecule has 1 unspecified atom stereocenters. The molecular formula is C17H16FNO2. The first kappa shape index (κ1) is 12.7. The Morgan fingerprint density at radius 1 is 1.10 bits per heavy atom. The molecule has 0 fully saturated rings. The van der Waals surface area contributed by atoms with Crippen molar-refractivity contribution in [2.75, 3.05) is 13.3 Å². The number of hydrogen-bond acceptors (Lipinski definition) is 3. The summed E-state index contributed by atoms with van der Waals surface area (Å²) >= 11 is 0. The van der Waals surface area contributed by atoms with E-state index in [1.165, 1.54) is 11.6 Å². The smallest absolute Gasteiger partial charge is 0.231 e. The van der Waals surface area contributed by atoms with E-state index in [1.54, 1.807) is 6.07 Å². The number of hydrogen-bond donors (Lipinski definition) is 1. The molecule has 4 rings (SSSR count). The van der Waals surface area contributed by atoms with E-state index in [2.05, 4.69) is 5.32 Å². The van der Waals surface area contributed by atoms with Crippen LogP contribution in [0.5, 0.6) is 11.5 Å². The highest BCUT2D eigenvalue weighted by Gasteiger charge is 2.27. The fourth-order valence-electron chi connectivity index (χ4n) is 3.11. The maximum atomic E-state index is 14.2. The summed E-state index contributed by atoms with van der Waals surface area (Å²) in [6.07, 6.45) is 0.913. The van der Waals surface area contributed by atoms with Crippen LogP contribution < -0.4 is 14.8 Å². The lowest BCUT2D eigenvalue weighted by atomic mass is 9.88. The quantitative estimate of drug-likeness (QED) is 0.873. The monoisotopic (exact) mass is 285 g/mol. The lowest BCUT2D eigenvalue weighted by Crippen LogP contribution is -2.31. The van der Waals surface area contributed by atoms with Crippen molar-refractivity contribution in [3.63, 3.8) is 0 Å². The summed E-state index contributed by atoms with van der Waals surface area (Å²) in [4.78, 5) is 0. The maximum Gasteiger partial charge on any atom is 0.231 e. The predicted octanol–water partition coefficient (Wildman–Crippen LogP) is 3.10. The Labute approximate surface area is 122 Å². The van der Waals surface area contributed by atoms with E-state index in [4.69, 9.17) is 9.47 Å². The number of benzene rings is 2. The molecule has 2 aromatic carbocycles. The molecule has 0 aromatic heterocycles. The van der Waals surface area contributed by atoms with Gasteiger partial charge < -0.3 is 14.8 Å². The average molecular weight is 285 g/mol. The Kier molecular flexibility index (Phi) is 2.86. The topological polar surface area (TPSA) is 30.5 Å². The highest BCUT2D eigenvalue weighted by Crippen LogP contribution is 2.40. The van der Waals surface area contributed by atoms with Crippen molar-refractivity contribution in [3.8, 4) is 11.5 Å². The molecule has 108 valence electrons. The Bertz CT molecular complexity index is 714. The van der Waals surface area contributed by atoms with Gasteiger partial charge in [-0.1, -0.05) is 17.7 Å². The van der Waals surface area contributed by atoms with Gasteiger partial charge in [-0.15, -0.1) is 0 Å². The molecule has 0 radical (unpaired) electrons. The zero-order valence-corrected chi connectivity index (χ0v) is 11.8. The molecule has 2 heterocycles. The zero-order valence-electron chi connectivity index (χ0n) is 11.8. The van der Waals surface area contributed by atoms with Crippen LogP contribution in [0.4, 0.5) is 4.39 Å². The van der Waals surface area contributed by atoms with Crippen LogP contribution in [0.3, 0.4) is 0 Å². The summed E-state index contributed by atoms with van der Waals surface area (Å²) in [5.74, 6) is 1.36. The summed E-state index contributed by atoms with van der Waals surface area (Å²) < 4.78 is 25.1. The summed E-state index contributed by atoms with van der Waals surface area (Å²) in [7, 11) is 0. The molecular weight excluding hydrogens is 269 g/mol. The van der Waals surface area contributed by atoms with Crippen molar-refractivity contribution in [3.05, 3.63) is 58.4 Å². The molecule has 0 saturated carbocycles. The third-order valence-corrected chi connectivity index (χ3v) is 4.15. The first-order valence-electron chi connectivity index (χ1n) is 7.14. The molecule has 0 spiro atoms. The van der Waals surface area contributed by atoms with Crippen LogP contribution in [0.15, 0.2) is 30.3 Å². The minimum Gasteiger partial charge on any atom is -0.454 e. The Balaban J connectivity index is 1.85. The molecule has 21 heavy (non-hydrogen) atoms. The number of rotatable bonds is 1. The average Bonchev–Trinajstić information content (AvgIpc) is 2.94. The second-order valence-corrected chi connectivity index (χ2v) is 5.57. The van der Waals surface area contributed by atoms with Gasteiger partial charge in [0.25, 0.3) is 0 Å². The van der Waals surface area contributed by atoms with E-state index < -0.39 is 0 Å². The third-order valence-electron chi connectivity index (χ3n) is 4.15. The van der Waals surface area contributed by atoms with Crippen LogP contribution >= 0.6 is 0 Å². The van der Waals surface area contributed by atoms with Gasteiger partial charge >= 0.3 is 0 Å². The van der Waals surface area contributed by atoms with E-state index >= 15 is 0 Å². The summed E-state index contributed by atoms with van der Waals surface area (Å²) in [5, 5.41) is 3.41. The van der Waals surface area contributed by atoms with Gasteiger partial charge in [-0.25, -0.2) is 4.39 Å². The molecule has 0 aliphatic carbocycles. The normalized spacial score (nSPS) is 19.4. The molecule has 2 aliphatic heterocycles. The van der Waals surface area contributed by atoms with Crippen molar-refractivity contribution >= 4 is 0 Å². The van der Waals surface area contributed by atoms with E-state index in [0.29, 0.717) is 5.56 Å². The summed E-state index contributed by atoms with van der Waals surface area (Å²) in [6, 6.07) is 9.11. The number of ether oxygens (including phenoxy) is 2. The lowest BCUT2D eigenvalue weighted by Gasteiger charge is -2.28. The van der Waals surface area contributed by atoms with E-state index in [0.717, 1.165) is 35.6 Å². The number of nitrogens with one attached hydrogen (secondary N) is 1. The Morgan fingerprint density at radius 2 is 1.90 bits per heavy atom. The fraction of sp³-hybridized carbons (Fsp3) is 0.294. The standard InChI is InChI=1S/C17H16FNO2/c1-10-2-3-14(18)13(6-10)17-12-8-16-15(20-9-21-16)7-11(12)4-5-19-17/h2-3,6-8,17,19H,4-5,9H2,1H3. The molecule has 3 nitrogen and oxygen atoms in total. The van der Waals surface area contributed by atoms with Crippen molar-refractivity contribution < 1.29 is 13.9 Å². The highest BCUT2D eigenvalue weighted by molar-refractivity contribution is 5.52. The van der Waals surface area contributed by atoms with E-state index in [-0.39, 0.29) is 18.7 Å². The minimum absolute atomic E-state index is 0.136. The lowest BCUT2D eigenvalue weighted by molar-refractivity contribution is 0.174. The van der Waals surface area contributed by atoms with Crippen molar-refractivity contribution in [1.82, 2.24) is 5.32 Å². The van der Waals surface area contributed by atoms with Crippen LogP contribution in [0.25, 0.3) is 0 Å². The maximum absolute atomic E-state index is 14.2. The molecule has 1 atom stereocenters. The summed E-state index contributed by atoms with van der Waals surface area (Å²) in [5.41, 5.74) is 4.02. The van der Waals surface area contributed by atoms with Crippen LogP contribution in [0, 0.1) is 12.7 Å². The van der Waals surface area contributed by atoms with Gasteiger partial charge in [0.2, 0.25) is 6.79 Å². The zero-order chi connectivity index (χ0) is 14.4. The van der Waals surface area contributed by atoms with Crippen molar-refractivity contribution in [2.24, 2.45) is 0 Å². The summed E-state index contributed by atoms with van der Waals surface area (Å²) in [6.45, 7) is 3.06. The van der Waals surface area contributed by atoms with Crippen LogP contribution in [0.1, 0.15) is 28.3 Å². The van der Waals surface area contributed by atoms with Gasteiger partial charge in [0.15, 0.2) is 11.5 Å². The molecule has 0 bridgehead atoms. The van der Waals surface area contributed by atoms with Gasteiger partial charge in [0.1, 0.15) is 5.82 Å². The van der Waals surface area contributed by atoms with Gasteiger partial charge in [-0.05, 0) is 42.7 Å². The highest BCUT2D eigenvalue weighted by atomic mass is 19.1. The van der Waals surface area contributed by atoms with Crippen LogP contribution in [0.2, 0.25) is 0 Å². The number of fused-ring (bicyclic) bond motifs is 2. The molecule has 2 aliphatic rings. The number of halogens is 1. The van der Waals surface area contributed by atoms with Crippen LogP contribution in [-0.4, -0.2) is 13.3 Å². The van der Waals surface area contributed by atoms with Gasteiger partial charge in [0.05, 0.1) is 6.04 Å². The van der Waals surface area contributed by atoms with Crippen LogP contribution in [-0.2, 0) is 6.42 Å². The van der Waals surface area contributed by atoms with E-state index in [1.807, 2.05) is 25.1 Å². The fourth-order valence-corrected chi connectivity index (χ4v) is 3.11. The third kappa shape index (κ3) is 2.07. The minimum atomic E-state index is -0.177. The predicted molar refractivity (Wildman–Crippen MR) is 77.3 cm³/mol. The Morgan fingerprint density at radius 3 is 2.76 bits per heavy atom. The van der Waals surface area contributed by atoms with Crippen molar-refractivity contribution in [1.29, 1.82) is 0 Å². The van der Waals surface area contributed by atoms with Gasteiger partial charge in [-0.3, -0.25) is 0 Å². The molecule has 1 N–H and O–H groups in total. The first-order chi connectivity index (χ1) is 10.2. The molecule has 2 aromatic rings. The van der Waals surface area contributed by atoms with Gasteiger partial charge in [-0.2, -0.15) is 0 Å². The number of aryl methyl sites for hydroxylation is 1. The van der Waals surface area contributed by atoms with Gasteiger partial charge in [0, 0.05) is 12.1 Å². The largest absolute Gasteiger partial charge is 0.454 e. The second-order valence-electron chi connectivity index (χ2n) is 5.57. The van der Waals surface area contributed by atoms with E-state index in [9.17, 15) is 4.39 Å². The second kappa shape index (κ2) is 4.74. The first-order valence-corrected chi connectivity index (χ1v) is 7.14. The molecule has 4 heteroatoms. The molecule has 0 saturated heterocycles. The Hall–Kier alpha value is -2.07. The van der Waals surface area contributed by atoms with Crippen molar-refractivity contribution in [2.45, 2.75) is 19.4 Å². The SMILES string of the molecule is Cc1ccc(F)c(C2NCCc3cc4c(cc32)OCO4)c1. The molecule has 0 amide bonds.